The van der Waals surface area contributed by atoms with Crippen molar-refractivity contribution in [1.29, 1.82) is 0 Å². The molecule has 0 N–H and O–H groups in total. The Bertz CT molecular complexity index is 2230. The first kappa shape index (κ1) is 91.7. The predicted octanol–water partition coefficient (Wildman–Crippen LogP) is 9.59. The molecule has 0 aliphatic carbocycles. The maximum Gasteiger partial charge on any atom is 0.500 e. The van der Waals surface area contributed by atoms with Crippen LogP contribution in [0.15, 0.2) is 14.4 Å². The summed E-state index contributed by atoms with van der Waals surface area (Å²) in [6, 6.07) is 5.60. The number of hydrogen-bond acceptors (Lipinski definition) is 22. The third-order valence-electron chi connectivity index (χ3n) is 18.3. The standard InChI is InChI=1S/C52H107F10N3O22Si8/c1-48(53,54)50(57,58)52(61,62)87-51(59,60)49(55,56)44-65-46(67)63(28-20-30-88(32-22-38-90(69-2,70-3)71-4,33-23-39-91(72-5,73-6)74-7)34-24-40-92(75-8,76-9)77-10)45(66)64(47(65)68)29-21-31-89(35-25-41-93(78-11,79-12)80-13,36-26-42-94(81-14,82-15)83-16)37-27-43-95(84-17,85-18)86-19/h20-44H2,1-19H3. The van der Waals surface area contributed by atoms with Crippen molar-refractivity contribution in [2.75, 3.05) is 128 Å². The first-order chi connectivity index (χ1) is 44.3. The third kappa shape index (κ3) is 24.4. The van der Waals surface area contributed by atoms with Crippen LogP contribution in [0, 0.1) is 0 Å². The highest BCUT2D eigenvalue weighted by molar-refractivity contribution is 6.81. The van der Waals surface area contributed by atoms with Crippen molar-refractivity contribution in [3.8, 4) is 0 Å². The van der Waals surface area contributed by atoms with Crippen LogP contribution in [0.1, 0.15) is 58.3 Å². The average Bonchev–Trinajstić information content (AvgIpc) is 0.753. The van der Waals surface area contributed by atoms with Gasteiger partial charge in [0.2, 0.25) is 0 Å². The van der Waals surface area contributed by atoms with Gasteiger partial charge in [-0.05, 0) is 12.8 Å². The zero-order chi connectivity index (χ0) is 73.1. The van der Waals surface area contributed by atoms with E-state index >= 15 is 22.4 Å². The lowest BCUT2D eigenvalue weighted by atomic mass is 10.2. The topological polar surface area (TPSA) is 241 Å². The fraction of sp³-hybridized carbons (Fsp3) is 0.942. The second-order valence-corrected chi connectivity index (χ2v) is 51.7. The SMILES string of the molecule is CO[Si](CCC[Si](CCCn1c(=O)n(CCC[Si](CCC[Si](OC)(OC)OC)(CCC[Si](OC)(OC)OC)CCC[Si](OC)(OC)OC)c(=O)n(CC(F)(F)C(F)(F)OC(F)(F)C(F)(F)C(C)(F)F)c1=O)(CCC[Si](OC)(OC)OC)CCC[Si](OC)(OC)OC)(OC)OC. The van der Waals surface area contributed by atoms with Crippen molar-refractivity contribution < 1.29 is 128 Å². The van der Waals surface area contributed by atoms with E-state index in [1.165, 1.54) is 128 Å². The molecule has 0 aromatic carbocycles. The molecular formula is C52H107F10N3O22Si8. The predicted molar refractivity (Wildman–Crippen MR) is 347 cm³/mol. The summed E-state index contributed by atoms with van der Waals surface area (Å²) < 4.78 is 255. The normalized spacial score (nSPS) is 14.2. The molecule has 0 amide bonds. The van der Waals surface area contributed by atoms with Gasteiger partial charge in [-0.25, -0.2) is 32.8 Å². The minimum Gasteiger partial charge on any atom is -0.377 e. The van der Waals surface area contributed by atoms with Crippen molar-refractivity contribution in [2.24, 2.45) is 0 Å². The van der Waals surface area contributed by atoms with Gasteiger partial charge < -0.3 is 79.7 Å². The minimum atomic E-state index is -6.98. The molecule has 0 unspecified atom stereocenters. The zero-order valence-electron chi connectivity index (χ0n) is 58.8. The van der Waals surface area contributed by atoms with Crippen molar-refractivity contribution in [2.45, 2.75) is 193 Å². The highest BCUT2D eigenvalue weighted by Gasteiger charge is 2.76. The Kier molecular flexibility index (Phi) is 39.1. The second-order valence-electron chi connectivity index (χ2n) is 23.1. The van der Waals surface area contributed by atoms with E-state index in [1.54, 1.807) is 0 Å². The fourth-order valence-electron chi connectivity index (χ4n) is 12.2. The molecule has 0 aliphatic rings. The van der Waals surface area contributed by atoms with Gasteiger partial charge in [0.05, 0.1) is 16.1 Å². The number of aromatic nitrogens is 3. The molecule has 0 bridgehead atoms. The van der Waals surface area contributed by atoms with Gasteiger partial charge in [-0.1, -0.05) is 86.9 Å². The molecule has 1 aromatic heterocycles. The molecule has 0 aliphatic heterocycles. The van der Waals surface area contributed by atoms with E-state index in [-0.39, 0.29) is 24.9 Å². The van der Waals surface area contributed by atoms with E-state index in [0.717, 1.165) is 0 Å². The van der Waals surface area contributed by atoms with Crippen LogP contribution in [0.3, 0.4) is 0 Å². The van der Waals surface area contributed by atoms with Gasteiger partial charge in [0, 0.05) is 184 Å². The number of ether oxygens (including phenoxy) is 1. The number of alkyl halides is 10. The van der Waals surface area contributed by atoms with Crippen molar-refractivity contribution in [1.82, 2.24) is 13.7 Å². The molecular weight excluding hydrogens is 1430 g/mol. The Morgan fingerprint density at radius 3 is 0.663 bits per heavy atom. The lowest BCUT2D eigenvalue weighted by Crippen LogP contribution is -2.61. The molecule has 0 spiro atoms. The summed E-state index contributed by atoms with van der Waals surface area (Å²) in [4.78, 5) is 44.3. The molecule has 0 saturated carbocycles. The van der Waals surface area contributed by atoms with Crippen LogP contribution in [0.4, 0.5) is 43.9 Å². The zero-order valence-corrected chi connectivity index (χ0v) is 66.8. The Hall–Kier alpha value is -1.31. The van der Waals surface area contributed by atoms with E-state index in [1.807, 2.05) is 0 Å². The van der Waals surface area contributed by atoms with Crippen molar-refractivity contribution in [3.05, 3.63) is 31.5 Å². The van der Waals surface area contributed by atoms with Gasteiger partial charge >= 0.3 is 99.9 Å². The van der Waals surface area contributed by atoms with Crippen LogP contribution in [-0.4, -0.2) is 241 Å². The highest BCUT2D eigenvalue weighted by atomic mass is 28.4. The van der Waals surface area contributed by atoms with Crippen LogP contribution >= 0.6 is 0 Å². The summed E-state index contributed by atoms with van der Waals surface area (Å²) in [6.07, 6.45) is -11.2. The summed E-state index contributed by atoms with van der Waals surface area (Å²) >= 11 is 0. The summed E-state index contributed by atoms with van der Waals surface area (Å²) in [7, 11) is 1.03. The third-order valence-corrected chi connectivity index (χ3v) is 46.6. The number of rotatable bonds is 57. The average molecular weight is 1540 g/mol. The Morgan fingerprint density at radius 1 is 0.284 bits per heavy atom. The lowest BCUT2D eigenvalue weighted by molar-refractivity contribution is -0.485. The Morgan fingerprint density at radius 2 is 0.474 bits per heavy atom. The van der Waals surface area contributed by atoms with Crippen molar-refractivity contribution in [3.63, 3.8) is 0 Å². The minimum absolute atomic E-state index is 0.109. The van der Waals surface area contributed by atoms with Crippen molar-refractivity contribution >= 4 is 69.0 Å². The highest BCUT2D eigenvalue weighted by Crippen LogP contribution is 2.51. The Labute approximate surface area is 560 Å². The summed E-state index contributed by atoms with van der Waals surface area (Å²) in [5, 5.41) is 0. The van der Waals surface area contributed by atoms with E-state index in [4.69, 9.17) is 79.7 Å². The smallest absolute Gasteiger partial charge is 0.377 e. The van der Waals surface area contributed by atoms with Crippen LogP contribution in [0.25, 0.3) is 0 Å². The first-order valence-corrected chi connectivity index (χ1v) is 48.0. The van der Waals surface area contributed by atoms with E-state index < -0.39 is 147 Å². The largest absolute Gasteiger partial charge is 0.500 e. The number of hydrogen-bond donors (Lipinski definition) is 0. The van der Waals surface area contributed by atoms with E-state index in [2.05, 4.69) is 4.74 Å². The number of halogens is 10. The van der Waals surface area contributed by atoms with Gasteiger partial charge in [-0.3, -0.25) is 0 Å². The van der Waals surface area contributed by atoms with Crippen LogP contribution in [0.5, 0.6) is 0 Å². The van der Waals surface area contributed by atoms with E-state index in [0.29, 0.717) is 120 Å². The molecule has 1 rings (SSSR count). The maximum absolute atomic E-state index is 16.1. The summed E-state index contributed by atoms with van der Waals surface area (Å²) in [5.74, 6) is -18.8. The van der Waals surface area contributed by atoms with Crippen LogP contribution < -0.4 is 17.1 Å². The molecule has 43 heteroatoms. The monoisotopic (exact) mass is 1540 g/mol. The molecule has 1 aromatic rings. The fourth-order valence-corrected chi connectivity index (χ4v) is 35.0. The molecule has 564 valence electrons. The van der Waals surface area contributed by atoms with Crippen LogP contribution in [0.2, 0.25) is 84.6 Å². The van der Waals surface area contributed by atoms with Gasteiger partial charge in [0.1, 0.15) is 6.54 Å². The van der Waals surface area contributed by atoms with E-state index in [9.17, 15) is 35.9 Å². The molecule has 95 heavy (non-hydrogen) atoms. The molecule has 0 fully saturated rings. The Balaban J connectivity index is 4.56. The maximum atomic E-state index is 16.1. The molecule has 0 saturated heterocycles. The van der Waals surface area contributed by atoms with Gasteiger partial charge in [0.25, 0.3) is 0 Å². The first-order valence-electron chi connectivity index (χ1n) is 30.8. The summed E-state index contributed by atoms with van der Waals surface area (Å²) in [6.45, 7) is -4.98. The van der Waals surface area contributed by atoms with Gasteiger partial charge in [-0.15, -0.1) is 0 Å². The molecule has 0 radical (unpaired) electrons. The quantitative estimate of drug-likeness (QED) is 0.0435. The summed E-state index contributed by atoms with van der Waals surface area (Å²) in [5.41, 5.74) is -5.21. The molecule has 1 heterocycles. The van der Waals surface area contributed by atoms with Gasteiger partial charge in [0.15, 0.2) is 0 Å². The second kappa shape index (κ2) is 40.5. The van der Waals surface area contributed by atoms with Gasteiger partial charge in [-0.2, -0.15) is 43.9 Å². The molecule has 0 atom stereocenters. The lowest BCUT2D eigenvalue weighted by Gasteiger charge is -2.36. The number of nitrogens with zero attached hydrogens (tertiary/aromatic N) is 3. The molecule has 25 nitrogen and oxygen atoms in total. The van der Waals surface area contributed by atoms with Crippen LogP contribution in [-0.2, 0) is 104 Å².